The van der Waals surface area contributed by atoms with Gasteiger partial charge in [-0.1, -0.05) is 19.8 Å². The second-order valence-corrected chi connectivity index (χ2v) is 5.13. The van der Waals surface area contributed by atoms with Gasteiger partial charge in [0.1, 0.15) is 17.6 Å². The molecule has 0 aliphatic rings. The first-order chi connectivity index (χ1) is 11.0. The molecule has 0 saturated carbocycles. The molecular weight excluding hydrogens is 301 g/mol. The van der Waals surface area contributed by atoms with E-state index in [1.807, 2.05) is 6.92 Å². The van der Waals surface area contributed by atoms with E-state index in [2.05, 4.69) is 10.3 Å². The number of carboxylic acid groups (broad SMARTS) is 1. The van der Waals surface area contributed by atoms with Crippen LogP contribution in [0, 0.1) is 5.82 Å². The first-order valence-electron chi connectivity index (χ1n) is 7.35. The largest absolute Gasteiger partial charge is 0.480 e. The molecule has 1 unspecified atom stereocenters. The Bertz CT molecular complexity index is 682. The molecule has 2 rings (SSSR count). The van der Waals surface area contributed by atoms with Crippen LogP contribution < -0.4 is 5.32 Å². The number of nitrogens with one attached hydrogen (secondary N) is 1. The van der Waals surface area contributed by atoms with Gasteiger partial charge in [-0.05, 0) is 30.7 Å². The predicted octanol–water partition coefficient (Wildman–Crippen LogP) is 2.38. The first-order valence-corrected chi connectivity index (χ1v) is 7.35. The summed E-state index contributed by atoms with van der Waals surface area (Å²) in [4.78, 5) is 27.5. The summed E-state index contributed by atoms with van der Waals surface area (Å²) in [7, 11) is 0. The number of imidazole rings is 1. The highest BCUT2D eigenvalue weighted by molar-refractivity contribution is 5.95. The lowest BCUT2D eigenvalue weighted by molar-refractivity contribution is -0.139. The Morgan fingerprint density at radius 1 is 1.35 bits per heavy atom. The van der Waals surface area contributed by atoms with Gasteiger partial charge in [-0.3, -0.25) is 9.36 Å². The second kappa shape index (κ2) is 7.53. The van der Waals surface area contributed by atoms with Crippen molar-refractivity contribution in [3.05, 3.63) is 48.3 Å². The third kappa shape index (κ3) is 4.15. The zero-order chi connectivity index (χ0) is 16.8. The highest BCUT2D eigenvalue weighted by atomic mass is 19.1. The van der Waals surface area contributed by atoms with Gasteiger partial charge in [0, 0.05) is 5.69 Å². The van der Waals surface area contributed by atoms with Gasteiger partial charge in [-0.15, -0.1) is 0 Å². The fraction of sp³-hybridized carbons (Fsp3) is 0.312. The van der Waals surface area contributed by atoms with Crippen LogP contribution in [0.5, 0.6) is 0 Å². The van der Waals surface area contributed by atoms with Gasteiger partial charge in [0.25, 0.3) is 5.91 Å². The molecule has 1 atom stereocenters. The van der Waals surface area contributed by atoms with E-state index in [-0.39, 0.29) is 11.5 Å². The highest BCUT2D eigenvalue weighted by Crippen LogP contribution is 2.13. The maximum atomic E-state index is 13.0. The molecule has 0 spiro atoms. The molecule has 7 heteroatoms. The van der Waals surface area contributed by atoms with Crippen LogP contribution in [0.2, 0.25) is 0 Å². The lowest BCUT2D eigenvalue weighted by atomic mass is 10.1. The third-order valence-electron chi connectivity index (χ3n) is 3.43. The Morgan fingerprint density at radius 3 is 2.65 bits per heavy atom. The number of nitrogens with zero attached hydrogens (tertiary/aromatic N) is 2. The second-order valence-electron chi connectivity index (χ2n) is 5.13. The van der Waals surface area contributed by atoms with Crippen molar-refractivity contribution in [1.82, 2.24) is 14.9 Å². The number of benzene rings is 1. The van der Waals surface area contributed by atoms with Crippen LogP contribution in [0.1, 0.15) is 36.7 Å². The summed E-state index contributed by atoms with van der Waals surface area (Å²) in [6.45, 7) is 1.95. The minimum atomic E-state index is -1.07. The summed E-state index contributed by atoms with van der Waals surface area (Å²) in [6, 6.07) is 4.63. The monoisotopic (exact) mass is 319 g/mol. The fourth-order valence-corrected chi connectivity index (χ4v) is 2.17. The van der Waals surface area contributed by atoms with Crippen molar-refractivity contribution in [3.8, 4) is 5.69 Å². The van der Waals surface area contributed by atoms with Crippen LogP contribution in [-0.4, -0.2) is 32.6 Å². The number of carboxylic acids is 1. The summed E-state index contributed by atoms with van der Waals surface area (Å²) >= 11 is 0. The Hall–Kier alpha value is -2.70. The summed E-state index contributed by atoms with van der Waals surface area (Å²) in [5.74, 6) is -1.99. The molecule has 0 saturated heterocycles. The van der Waals surface area contributed by atoms with Gasteiger partial charge >= 0.3 is 5.97 Å². The number of aromatic nitrogens is 2. The van der Waals surface area contributed by atoms with Crippen LogP contribution in [0.15, 0.2) is 36.8 Å². The molecule has 1 heterocycles. The lowest BCUT2D eigenvalue weighted by Gasteiger charge is -2.15. The lowest BCUT2D eigenvalue weighted by Crippen LogP contribution is -2.41. The van der Waals surface area contributed by atoms with Gasteiger partial charge in [0.15, 0.2) is 0 Å². The van der Waals surface area contributed by atoms with Gasteiger partial charge in [-0.25, -0.2) is 14.2 Å². The molecular formula is C16H18FN3O3. The molecule has 1 aromatic heterocycles. The number of aliphatic carboxylic acids is 1. The van der Waals surface area contributed by atoms with Crippen LogP contribution in [-0.2, 0) is 4.79 Å². The average molecular weight is 319 g/mol. The van der Waals surface area contributed by atoms with E-state index in [1.165, 1.54) is 41.4 Å². The van der Waals surface area contributed by atoms with Crippen molar-refractivity contribution < 1.29 is 19.1 Å². The van der Waals surface area contributed by atoms with Crippen LogP contribution in [0.25, 0.3) is 5.69 Å². The molecule has 2 N–H and O–H groups in total. The number of halogens is 1. The molecule has 122 valence electrons. The van der Waals surface area contributed by atoms with Gasteiger partial charge in [0.2, 0.25) is 0 Å². The van der Waals surface area contributed by atoms with Gasteiger partial charge < -0.3 is 10.4 Å². The van der Waals surface area contributed by atoms with Crippen molar-refractivity contribution in [2.45, 2.75) is 32.2 Å². The molecule has 0 radical (unpaired) electrons. The first kappa shape index (κ1) is 16.7. The van der Waals surface area contributed by atoms with E-state index in [0.29, 0.717) is 18.5 Å². The van der Waals surface area contributed by atoms with Crippen molar-refractivity contribution in [1.29, 1.82) is 0 Å². The number of hydrogen-bond donors (Lipinski definition) is 2. The topological polar surface area (TPSA) is 84.2 Å². The van der Waals surface area contributed by atoms with Gasteiger partial charge in [-0.2, -0.15) is 0 Å². The Balaban J connectivity index is 2.18. The van der Waals surface area contributed by atoms with E-state index in [9.17, 15) is 19.1 Å². The molecule has 1 aromatic carbocycles. The zero-order valence-electron chi connectivity index (χ0n) is 12.7. The maximum Gasteiger partial charge on any atom is 0.326 e. The number of hydrogen-bond acceptors (Lipinski definition) is 3. The highest BCUT2D eigenvalue weighted by Gasteiger charge is 2.22. The molecule has 0 bridgehead atoms. The van der Waals surface area contributed by atoms with Crippen LogP contribution in [0.3, 0.4) is 0 Å². The molecule has 0 aliphatic carbocycles. The standard InChI is InChI=1S/C16H18FN3O3/c1-2-3-4-13(16(22)23)19-15(21)14-9-18-10-20(14)12-7-5-11(17)6-8-12/h5-10,13H,2-4H2,1H3,(H,19,21)(H,22,23). The molecule has 0 aliphatic heterocycles. The third-order valence-corrected chi connectivity index (χ3v) is 3.43. The quantitative estimate of drug-likeness (QED) is 0.820. The van der Waals surface area contributed by atoms with E-state index in [0.717, 1.165) is 6.42 Å². The molecule has 1 amide bonds. The van der Waals surface area contributed by atoms with E-state index in [4.69, 9.17) is 0 Å². The normalized spacial score (nSPS) is 11.9. The van der Waals surface area contributed by atoms with Crippen molar-refractivity contribution >= 4 is 11.9 Å². The SMILES string of the molecule is CCCCC(NC(=O)c1cncn1-c1ccc(F)cc1)C(=O)O. The van der Waals surface area contributed by atoms with Gasteiger partial charge in [0.05, 0.1) is 12.5 Å². The number of carbonyl (C=O) groups is 2. The minimum Gasteiger partial charge on any atom is -0.480 e. The average Bonchev–Trinajstić information content (AvgIpc) is 3.01. The summed E-state index contributed by atoms with van der Waals surface area (Å²) in [5, 5.41) is 11.7. The Morgan fingerprint density at radius 2 is 2.04 bits per heavy atom. The molecule has 2 aromatic rings. The predicted molar refractivity (Wildman–Crippen MR) is 81.9 cm³/mol. The van der Waals surface area contributed by atoms with E-state index in [1.54, 1.807) is 0 Å². The van der Waals surface area contributed by atoms with E-state index < -0.39 is 17.9 Å². The molecule has 23 heavy (non-hydrogen) atoms. The molecule has 6 nitrogen and oxygen atoms in total. The Kier molecular flexibility index (Phi) is 5.46. The maximum absolute atomic E-state index is 13.0. The number of unbranched alkanes of at least 4 members (excludes halogenated alkanes) is 1. The van der Waals surface area contributed by atoms with Crippen LogP contribution >= 0.6 is 0 Å². The number of rotatable bonds is 7. The fourth-order valence-electron chi connectivity index (χ4n) is 2.17. The van der Waals surface area contributed by atoms with Crippen molar-refractivity contribution in [2.24, 2.45) is 0 Å². The summed E-state index contributed by atoms with van der Waals surface area (Å²) in [6.07, 6.45) is 4.67. The summed E-state index contributed by atoms with van der Waals surface area (Å²) < 4.78 is 14.5. The summed E-state index contributed by atoms with van der Waals surface area (Å²) in [5.41, 5.74) is 0.758. The molecule has 0 fully saturated rings. The zero-order valence-corrected chi connectivity index (χ0v) is 12.7. The minimum absolute atomic E-state index is 0.194. The van der Waals surface area contributed by atoms with Crippen molar-refractivity contribution in [3.63, 3.8) is 0 Å². The number of amides is 1. The van der Waals surface area contributed by atoms with Crippen molar-refractivity contribution in [2.75, 3.05) is 0 Å². The Labute approximate surface area is 133 Å². The van der Waals surface area contributed by atoms with Crippen LogP contribution in [0.4, 0.5) is 4.39 Å². The number of carbonyl (C=O) groups excluding carboxylic acids is 1. The smallest absolute Gasteiger partial charge is 0.326 e. The van der Waals surface area contributed by atoms with E-state index >= 15 is 0 Å².